The highest BCUT2D eigenvalue weighted by Crippen LogP contribution is 2.35. The maximum atomic E-state index is 12.3. The molecule has 0 aliphatic carbocycles. The lowest BCUT2D eigenvalue weighted by Crippen LogP contribution is -2.19. The largest absolute Gasteiger partial charge is 0.494 e. The molecule has 140 valence electrons. The van der Waals surface area contributed by atoms with Crippen LogP contribution < -0.4 is 20.7 Å². The molecule has 0 bridgehead atoms. The van der Waals surface area contributed by atoms with E-state index in [4.69, 9.17) is 4.74 Å². The molecule has 1 heterocycles. The lowest BCUT2D eigenvalue weighted by atomic mass is 10.1. The Balaban J connectivity index is 1.81. The topological polar surface area (TPSA) is 92.4 Å². The van der Waals surface area contributed by atoms with Gasteiger partial charge in [-0.05, 0) is 43.2 Å². The third kappa shape index (κ3) is 4.35. The van der Waals surface area contributed by atoms with Crippen LogP contribution in [0.3, 0.4) is 0 Å². The van der Waals surface area contributed by atoms with E-state index in [9.17, 15) is 9.59 Å². The highest BCUT2D eigenvalue weighted by molar-refractivity contribution is 7.22. The maximum absolute atomic E-state index is 12.3. The monoisotopic (exact) mass is 384 g/mol. The minimum absolute atomic E-state index is 0.195. The Hall–Kier alpha value is -3.13. The van der Waals surface area contributed by atoms with Gasteiger partial charge in [0.1, 0.15) is 11.3 Å². The first kappa shape index (κ1) is 18.7. The molecule has 0 unspecified atom stereocenters. The summed E-state index contributed by atoms with van der Waals surface area (Å²) in [5.74, 6) is 0.320. The number of nitrogens with zero attached hydrogens (tertiary/aromatic N) is 1. The van der Waals surface area contributed by atoms with Crippen molar-refractivity contribution < 1.29 is 14.3 Å². The van der Waals surface area contributed by atoms with Crippen LogP contribution >= 0.6 is 11.3 Å². The average molecular weight is 384 g/mol. The van der Waals surface area contributed by atoms with Crippen LogP contribution in [0.2, 0.25) is 0 Å². The SMILES string of the molecule is COc1cc(NC(=O)Nc2ccc(C)c(C)c2)cc2sc(NC(C)=O)nc12. The number of amides is 3. The van der Waals surface area contributed by atoms with Gasteiger partial charge in [-0.1, -0.05) is 17.4 Å². The van der Waals surface area contributed by atoms with E-state index in [2.05, 4.69) is 20.9 Å². The highest BCUT2D eigenvalue weighted by atomic mass is 32.1. The first-order chi connectivity index (χ1) is 12.9. The number of benzene rings is 2. The van der Waals surface area contributed by atoms with E-state index in [1.54, 1.807) is 12.1 Å². The maximum Gasteiger partial charge on any atom is 0.323 e. The van der Waals surface area contributed by atoms with Gasteiger partial charge >= 0.3 is 6.03 Å². The lowest BCUT2D eigenvalue weighted by Gasteiger charge is -2.10. The summed E-state index contributed by atoms with van der Waals surface area (Å²) in [5, 5.41) is 8.76. The number of anilines is 3. The number of urea groups is 1. The van der Waals surface area contributed by atoms with Gasteiger partial charge in [-0.25, -0.2) is 9.78 Å². The molecule has 3 amide bonds. The van der Waals surface area contributed by atoms with Crippen LogP contribution in [0.25, 0.3) is 10.2 Å². The van der Waals surface area contributed by atoms with Gasteiger partial charge in [0.25, 0.3) is 0 Å². The van der Waals surface area contributed by atoms with Crippen molar-refractivity contribution in [3.63, 3.8) is 0 Å². The number of fused-ring (bicyclic) bond motifs is 1. The Bertz CT molecular complexity index is 1030. The van der Waals surface area contributed by atoms with Gasteiger partial charge in [0.05, 0.1) is 11.8 Å². The van der Waals surface area contributed by atoms with Gasteiger partial charge in [0.15, 0.2) is 5.13 Å². The standard InChI is InChI=1S/C19H20N4O3S/c1-10-5-6-13(7-11(10)2)21-18(25)22-14-8-15(26-4)17-16(9-14)27-19(23-17)20-12(3)24/h5-9H,1-4H3,(H,20,23,24)(H2,21,22,25). The molecule has 2 aromatic carbocycles. The first-order valence-corrected chi connectivity index (χ1v) is 9.09. The van der Waals surface area contributed by atoms with Gasteiger partial charge < -0.3 is 20.7 Å². The number of hydrogen-bond acceptors (Lipinski definition) is 5. The molecule has 0 atom stereocenters. The molecule has 8 heteroatoms. The first-order valence-electron chi connectivity index (χ1n) is 8.27. The summed E-state index contributed by atoms with van der Waals surface area (Å²) in [6, 6.07) is 8.86. The van der Waals surface area contributed by atoms with Crippen LogP contribution in [-0.4, -0.2) is 24.0 Å². The molecule has 0 aliphatic rings. The molecular formula is C19H20N4O3S. The van der Waals surface area contributed by atoms with Crippen molar-refractivity contribution in [2.75, 3.05) is 23.1 Å². The van der Waals surface area contributed by atoms with Crippen LogP contribution in [-0.2, 0) is 4.79 Å². The predicted molar refractivity (Wildman–Crippen MR) is 109 cm³/mol. The number of hydrogen-bond donors (Lipinski definition) is 3. The molecule has 0 radical (unpaired) electrons. The molecule has 0 saturated heterocycles. The van der Waals surface area contributed by atoms with Gasteiger partial charge in [0.2, 0.25) is 5.91 Å². The summed E-state index contributed by atoms with van der Waals surface area (Å²) in [6.45, 7) is 5.44. The lowest BCUT2D eigenvalue weighted by molar-refractivity contribution is -0.114. The van der Waals surface area contributed by atoms with Crippen molar-refractivity contribution >= 4 is 50.0 Å². The van der Waals surface area contributed by atoms with Gasteiger partial charge in [-0.15, -0.1) is 0 Å². The zero-order valence-electron chi connectivity index (χ0n) is 15.5. The number of methoxy groups -OCH3 is 1. The molecule has 3 N–H and O–H groups in total. The summed E-state index contributed by atoms with van der Waals surface area (Å²) >= 11 is 1.31. The minimum Gasteiger partial charge on any atom is -0.494 e. The Labute approximate surface area is 160 Å². The van der Waals surface area contributed by atoms with Crippen molar-refractivity contribution in [2.45, 2.75) is 20.8 Å². The van der Waals surface area contributed by atoms with Crippen molar-refractivity contribution in [1.29, 1.82) is 0 Å². The molecule has 0 saturated carbocycles. The van der Waals surface area contributed by atoms with E-state index in [1.807, 2.05) is 32.0 Å². The second kappa shape index (κ2) is 7.63. The van der Waals surface area contributed by atoms with E-state index in [1.165, 1.54) is 25.4 Å². The molecule has 1 aromatic heterocycles. The van der Waals surface area contributed by atoms with Gasteiger partial charge in [-0.3, -0.25) is 4.79 Å². The van der Waals surface area contributed by atoms with E-state index in [-0.39, 0.29) is 11.9 Å². The second-order valence-electron chi connectivity index (χ2n) is 6.10. The number of thiazole rings is 1. The van der Waals surface area contributed by atoms with Crippen molar-refractivity contribution in [1.82, 2.24) is 4.98 Å². The summed E-state index contributed by atoms with van der Waals surface area (Å²) < 4.78 is 6.17. The Morgan fingerprint density at radius 2 is 1.74 bits per heavy atom. The van der Waals surface area contributed by atoms with Crippen LogP contribution in [0, 0.1) is 13.8 Å². The minimum atomic E-state index is -0.355. The number of aryl methyl sites for hydroxylation is 2. The van der Waals surface area contributed by atoms with Gasteiger partial charge in [-0.2, -0.15) is 0 Å². The Morgan fingerprint density at radius 1 is 1.00 bits per heavy atom. The summed E-state index contributed by atoms with van der Waals surface area (Å²) in [4.78, 5) is 27.9. The molecule has 7 nitrogen and oxygen atoms in total. The Kier molecular flexibility index (Phi) is 5.27. The highest BCUT2D eigenvalue weighted by Gasteiger charge is 2.13. The quantitative estimate of drug-likeness (QED) is 0.616. The molecular weight excluding hydrogens is 364 g/mol. The molecule has 3 rings (SSSR count). The predicted octanol–water partition coefficient (Wildman–Crippen LogP) is 4.52. The normalized spacial score (nSPS) is 10.5. The molecule has 27 heavy (non-hydrogen) atoms. The molecule has 0 fully saturated rings. The van der Waals surface area contributed by atoms with Crippen LogP contribution in [0.4, 0.5) is 21.3 Å². The number of rotatable bonds is 4. The fraction of sp³-hybridized carbons (Fsp3) is 0.211. The van der Waals surface area contributed by atoms with E-state index in [0.717, 1.165) is 21.5 Å². The fourth-order valence-corrected chi connectivity index (χ4v) is 3.51. The van der Waals surface area contributed by atoms with Gasteiger partial charge in [0, 0.05) is 24.4 Å². The number of carbonyl (C=O) groups is 2. The fourth-order valence-electron chi connectivity index (χ4n) is 2.54. The van der Waals surface area contributed by atoms with Crippen molar-refractivity contribution in [3.8, 4) is 5.75 Å². The Morgan fingerprint density at radius 3 is 2.41 bits per heavy atom. The number of nitrogens with one attached hydrogen (secondary N) is 3. The zero-order valence-corrected chi connectivity index (χ0v) is 16.3. The van der Waals surface area contributed by atoms with Crippen LogP contribution in [0.15, 0.2) is 30.3 Å². The van der Waals surface area contributed by atoms with Crippen molar-refractivity contribution in [2.24, 2.45) is 0 Å². The van der Waals surface area contributed by atoms with E-state index in [0.29, 0.717) is 22.1 Å². The molecule has 3 aromatic rings. The average Bonchev–Trinajstić information content (AvgIpc) is 2.98. The van der Waals surface area contributed by atoms with E-state index >= 15 is 0 Å². The molecule has 0 aliphatic heterocycles. The summed E-state index contributed by atoms with van der Waals surface area (Å²) in [5.41, 5.74) is 4.18. The number of carbonyl (C=O) groups excluding carboxylic acids is 2. The van der Waals surface area contributed by atoms with Crippen LogP contribution in [0.1, 0.15) is 18.1 Å². The second-order valence-corrected chi connectivity index (χ2v) is 7.13. The molecule has 0 spiro atoms. The summed E-state index contributed by atoms with van der Waals surface area (Å²) in [6.07, 6.45) is 0. The number of ether oxygens (including phenoxy) is 1. The van der Waals surface area contributed by atoms with Crippen LogP contribution in [0.5, 0.6) is 5.75 Å². The summed E-state index contributed by atoms with van der Waals surface area (Å²) in [7, 11) is 1.53. The third-order valence-corrected chi connectivity index (χ3v) is 4.90. The third-order valence-electron chi connectivity index (χ3n) is 3.99. The van der Waals surface area contributed by atoms with E-state index < -0.39 is 0 Å². The smallest absolute Gasteiger partial charge is 0.323 e. The van der Waals surface area contributed by atoms with Crippen molar-refractivity contribution in [3.05, 3.63) is 41.5 Å². The zero-order chi connectivity index (χ0) is 19.6. The number of aromatic nitrogens is 1.